The van der Waals surface area contributed by atoms with E-state index in [0.717, 1.165) is 68.9 Å². The summed E-state index contributed by atoms with van der Waals surface area (Å²) in [7, 11) is 0. The van der Waals surface area contributed by atoms with Gasteiger partial charge in [-0.25, -0.2) is 0 Å². The highest BCUT2D eigenvalue weighted by Crippen LogP contribution is 2.36. The molecule has 6 atom stereocenters. The van der Waals surface area contributed by atoms with Crippen LogP contribution in [-0.2, 0) is 30.1 Å². The van der Waals surface area contributed by atoms with Crippen LogP contribution in [-0.4, -0.2) is 68.7 Å². The van der Waals surface area contributed by atoms with E-state index in [1.807, 2.05) is 24.3 Å². The number of ether oxygens (including phenoxy) is 5. The van der Waals surface area contributed by atoms with E-state index in [9.17, 15) is 5.11 Å². The number of unbranched alkanes of at least 4 members (excludes halogenated alkanes) is 4. The fraction of sp³-hybridized carbons (Fsp3) is 0.667. The summed E-state index contributed by atoms with van der Waals surface area (Å²) >= 11 is 0. The van der Waals surface area contributed by atoms with Crippen molar-refractivity contribution >= 4 is 0 Å². The van der Waals surface area contributed by atoms with Gasteiger partial charge in [0, 0.05) is 26.4 Å². The molecule has 0 saturated carbocycles. The van der Waals surface area contributed by atoms with Crippen molar-refractivity contribution in [3.05, 3.63) is 71.3 Å². The Balaban J connectivity index is 1.97. The zero-order chi connectivity index (χ0) is 30.0. The highest BCUT2D eigenvalue weighted by Gasteiger charge is 2.50. The van der Waals surface area contributed by atoms with Gasteiger partial charge in [-0.05, 0) is 48.8 Å². The van der Waals surface area contributed by atoms with Crippen LogP contribution in [0.5, 0.6) is 0 Å². The minimum atomic E-state index is -0.899. The molecule has 0 spiro atoms. The maximum absolute atomic E-state index is 12.1. The number of benzene rings is 2. The Kier molecular flexibility index (Phi) is 16.7. The van der Waals surface area contributed by atoms with E-state index < -0.39 is 18.3 Å². The highest BCUT2D eigenvalue weighted by atomic mass is 16.6. The van der Waals surface area contributed by atoms with Crippen LogP contribution in [0.2, 0.25) is 0 Å². The van der Waals surface area contributed by atoms with Crippen LogP contribution in [0, 0.1) is 0 Å². The van der Waals surface area contributed by atoms with Crippen molar-refractivity contribution in [2.45, 2.75) is 122 Å². The van der Waals surface area contributed by atoms with Crippen molar-refractivity contribution in [3.8, 4) is 0 Å². The van der Waals surface area contributed by atoms with Gasteiger partial charge < -0.3 is 28.8 Å². The van der Waals surface area contributed by atoms with E-state index >= 15 is 0 Å². The summed E-state index contributed by atoms with van der Waals surface area (Å²) in [5.74, 6) is 0. The summed E-state index contributed by atoms with van der Waals surface area (Å²) < 4.78 is 32.6. The third-order valence-corrected chi connectivity index (χ3v) is 7.94. The molecule has 42 heavy (non-hydrogen) atoms. The third kappa shape index (κ3) is 10.7. The molecule has 0 bridgehead atoms. The smallest absolute Gasteiger partial charge is 0.117 e. The fourth-order valence-corrected chi connectivity index (χ4v) is 5.43. The molecule has 236 valence electrons. The molecule has 3 rings (SSSR count). The first kappa shape index (κ1) is 34.7. The maximum atomic E-state index is 12.1. The van der Waals surface area contributed by atoms with Gasteiger partial charge in [-0.15, -0.1) is 0 Å². The van der Waals surface area contributed by atoms with Gasteiger partial charge in [-0.2, -0.15) is 0 Å². The fourth-order valence-electron chi connectivity index (χ4n) is 5.43. The number of hydrogen-bond acceptors (Lipinski definition) is 6. The van der Waals surface area contributed by atoms with Crippen LogP contribution in [0.3, 0.4) is 0 Å². The quantitative estimate of drug-likeness (QED) is 0.154. The molecule has 1 aliphatic heterocycles. The maximum Gasteiger partial charge on any atom is 0.117 e. The number of aliphatic hydroxyl groups excluding tert-OH is 1. The van der Waals surface area contributed by atoms with Crippen molar-refractivity contribution in [2.24, 2.45) is 0 Å². The molecule has 1 N–H and O–H groups in total. The molecule has 0 radical (unpaired) electrons. The summed E-state index contributed by atoms with van der Waals surface area (Å²) in [5.41, 5.74) is 3.14. The summed E-state index contributed by atoms with van der Waals surface area (Å²) in [6, 6.07) is 18.5. The van der Waals surface area contributed by atoms with Gasteiger partial charge in [0.15, 0.2) is 0 Å². The minimum absolute atomic E-state index is 0.343. The number of rotatable bonds is 21. The molecule has 1 aliphatic rings. The van der Waals surface area contributed by atoms with Crippen molar-refractivity contribution in [2.75, 3.05) is 33.0 Å². The van der Waals surface area contributed by atoms with E-state index in [-0.39, 0.29) is 18.3 Å². The van der Waals surface area contributed by atoms with E-state index in [2.05, 4.69) is 58.0 Å². The molecule has 1 saturated heterocycles. The Labute approximate surface area is 255 Å². The first-order valence-corrected chi connectivity index (χ1v) is 16.5. The number of aliphatic hydroxyl groups is 1. The zero-order valence-corrected chi connectivity index (χ0v) is 26.5. The average molecular weight is 585 g/mol. The van der Waals surface area contributed by atoms with E-state index in [1.165, 1.54) is 5.56 Å². The van der Waals surface area contributed by atoms with E-state index in [1.54, 1.807) is 0 Å². The minimum Gasteiger partial charge on any atom is -0.386 e. The summed E-state index contributed by atoms with van der Waals surface area (Å²) in [5, 5.41) is 12.1. The Morgan fingerprint density at radius 3 is 1.86 bits per heavy atom. The van der Waals surface area contributed by atoms with Gasteiger partial charge in [0.25, 0.3) is 0 Å². The predicted molar refractivity (Wildman–Crippen MR) is 169 cm³/mol. The topological polar surface area (TPSA) is 66.4 Å². The number of hydrogen-bond donors (Lipinski definition) is 1. The Bertz CT molecular complexity index is 953. The lowest BCUT2D eigenvalue weighted by atomic mass is 9.86. The van der Waals surface area contributed by atoms with Gasteiger partial charge in [0.2, 0.25) is 0 Å². The molecule has 0 aliphatic carbocycles. The van der Waals surface area contributed by atoms with Gasteiger partial charge in [-0.3, -0.25) is 0 Å². The second kappa shape index (κ2) is 20.2. The Morgan fingerprint density at radius 1 is 0.667 bits per heavy atom. The SMILES string of the molecule is CCCCOC[C@H]1O[C@@H](C(O)c2ccccc2Cc2ccccc2)[C@H](OCCCC)[C@@H](OCCCC)[C@@H]1OCCCC. The van der Waals surface area contributed by atoms with Gasteiger partial charge in [0.05, 0.1) is 6.61 Å². The molecular formula is C36H56O6. The largest absolute Gasteiger partial charge is 0.386 e. The van der Waals surface area contributed by atoms with Crippen molar-refractivity contribution < 1.29 is 28.8 Å². The molecule has 1 fully saturated rings. The highest BCUT2D eigenvalue weighted by molar-refractivity contribution is 5.35. The van der Waals surface area contributed by atoms with Crippen molar-refractivity contribution in [1.29, 1.82) is 0 Å². The molecule has 2 aromatic rings. The molecule has 6 nitrogen and oxygen atoms in total. The molecule has 0 aromatic heterocycles. The Morgan fingerprint density at radius 2 is 1.21 bits per heavy atom. The zero-order valence-electron chi connectivity index (χ0n) is 26.5. The average Bonchev–Trinajstić information content (AvgIpc) is 3.01. The predicted octanol–water partition coefficient (Wildman–Crippen LogP) is 7.45. The lowest BCUT2D eigenvalue weighted by Crippen LogP contribution is -2.62. The molecule has 1 heterocycles. The third-order valence-electron chi connectivity index (χ3n) is 7.94. The first-order chi connectivity index (χ1) is 20.6. The molecule has 2 aromatic carbocycles. The lowest BCUT2D eigenvalue weighted by Gasteiger charge is -2.47. The molecule has 6 heteroatoms. The summed E-state index contributed by atoms with van der Waals surface area (Å²) in [6.45, 7) is 11.5. The van der Waals surface area contributed by atoms with Crippen LogP contribution in [0.1, 0.15) is 102 Å². The van der Waals surface area contributed by atoms with Crippen LogP contribution in [0.15, 0.2) is 54.6 Å². The monoisotopic (exact) mass is 584 g/mol. The summed E-state index contributed by atoms with van der Waals surface area (Å²) in [6.07, 6.45) is 5.62. The van der Waals surface area contributed by atoms with Gasteiger partial charge in [0.1, 0.15) is 36.6 Å². The second-order valence-electron chi connectivity index (χ2n) is 11.4. The molecule has 1 unspecified atom stereocenters. The van der Waals surface area contributed by atoms with Gasteiger partial charge in [-0.1, -0.05) is 108 Å². The van der Waals surface area contributed by atoms with Gasteiger partial charge >= 0.3 is 0 Å². The van der Waals surface area contributed by atoms with Crippen molar-refractivity contribution in [1.82, 2.24) is 0 Å². The Hall–Kier alpha value is -1.80. The molecular weight excluding hydrogens is 528 g/mol. The second-order valence-corrected chi connectivity index (χ2v) is 11.4. The van der Waals surface area contributed by atoms with Crippen LogP contribution in [0.4, 0.5) is 0 Å². The van der Waals surface area contributed by atoms with Crippen LogP contribution >= 0.6 is 0 Å². The standard InChI is InChI=1S/C36H56O6/c1-5-9-22-38-27-31-33(39-23-10-6-2)35(40-24-11-7-3)36(41-25-12-8-4)34(42-31)32(37)30-21-17-16-20-29(30)26-28-18-14-13-15-19-28/h13-21,31-37H,5-12,22-27H2,1-4H3/t31-,32?,33-,34+,35+,36+/m1/s1. The van der Waals surface area contributed by atoms with E-state index in [0.29, 0.717) is 33.0 Å². The van der Waals surface area contributed by atoms with Crippen LogP contribution in [0.25, 0.3) is 0 Å². The lowest BCUT2D eigenvalue weighted by molar-refractivity contribution is -0.281. The van der Waals surface area contributed by atoms with Crippen LogP contribution < -0.4 is 0 Å². The normalized spacial score (nSPS) is 23.2. The van der Waals surface area contributed by atoms with E-state index in [4.69, 9.17) is 23.7 Å². The molecule has 0 amide bonds. The summed E-state index contributed by atoms with van der Waals surface area (Å²) in [4.78, 5) is 0. The first-order valence-electron chi connectivity index (χ1n) is 16.5. The van der Waals surface area contributed by atoms with Crippen molar-refractivity contribution in [3.63, 3.8) is 0 Å².